The molecule has 3 nitrogen and oxygen atoms in total. The fraction of sp³-hybridized carbons (Fsp3) is 0.500. The number of nitrogens with zero attached hydrogens (tertiary/aromatic N) is 2. The van der Waals surface area contributed by atoms with Crippen LogP contribution in [-0.4, -0.2) is 21.5 Å². The molecular formula is C14H16N2OS2. The van der Waals surface area contributed by atoms with Crippen LogP contribution < -0.4 is 0 Å². The summed E-state index contributed by atoms with van der Waals surface area (Å²) in [7, 11) is 0. The molecule has 0 radical (unpaired) electrons. The Bertz CT molecular complexity index is 648. The lowest BCUT2D eigenvalue weighted by molar-refractivity contribution is -0.114. The zero-order valence-electron chi connectivity index (χ0n) is 11.2. The number of carbonyl (C=O) groups is 1. The zero-order chi connectivity index (χ0) is 13.4. The molecule has 3 rings (SSSR count). The Labute approximate surface area is 120 Å². The normalized spacial score (nSPS) is 14.6. The molecule has 2 aromatic rings. The van der Waals surface area contributed by atoms with E-state index < -0.39 is 0 Å². The van der Waals surface area contributed by atoms with Crippen LogP contribution in [0.5, 0.6) is 0 Å². The number of Topliss-reactive ketones (excluding diaryl/α,β-unsaturated/α-hetero) is 1. The highest BCUT2D eigenvalue weighted by molar-refractivity contribution is 8.00. The molecule has 100 valence electrons. The lowest BCUT2D eigenvalue weighted by atomic mass is 9.97. The van der Waals surface area contributed by atoms with Gasteiger partial charge in [0.15, 0.2) is 0 Å². The van der Waals surface area contributed by atoms with Gasteiger partial charge in [-0.2, -0.15) is 0 Å². The van der Waals surface area contributed by atoms with Crippen molar-refractivity contribution < 1.29 is 4.79 Å². The summed E-state index contributed by atoms with van der Waals surface area (Å²) < 4.78 is 0. The second kappa shape index (κ2) is 5.21. The van der Waals surface area contributed by atoms with Crippen molar-refractivity contribution >= 4 is 39.1 Å². The van der Waals surface area contributed by atoms with Gasteiger partial charge in [0.05, 0.1) is 5.75 Å². The van der Waals surface area contributed by atoms with Crippen LogP contribution in [0.3, 0.4) is 0 Å². The number of aromatic nitrogens is 2. The van der Waals surface area contributed by atoms with Crippen molar-refractivity contribution in [3.05, 3.63) is 16.3 Å². The number of hydrogen-bond acceptors (Lipinski definition) is 5. The zero-order valence-corrected chi connectivity index (χ0v) is 12.8. The molecule has 2 heterocycles. The number of thioether (sulfide) groups is 1. The van der Waals surface area contributed by atoms with E-state index in [1.807, 2.05) is 18.3 Å². The maximum atomic E-state index is 11.2. The van der Waals surface area contributed by atoms with Crippen molar-refractivity contribution in [3.8, 4) is 0 Å². The summed E-state index contributed by atoms with van der Waals surface area (Å²) in [6.45, 7) is 3.55. The predicted octanol–water partition coefficient (Wildman–Crippen LogP) is 3.56. The van der Waals surface area contributed by atoms with Crippen molar-refractivity contribution in [2.24, 2.45) is 0 Å². The van der Waals surface area contributed by atoms with Gasteiger partial charge in [0.1, 0.15) is 21.5 Å². The van der Waals surface area contributed by atoms with E-state index in [-0.39, 0.29) is 5.78 Å². The Morgan fingerprint density at radius 2 is 2.11 bits per heavy atom. The van der Waals surface area contributed by atoms with Crippen LogP contribution in [0.25, 0.3) is 10.2 Å². The molecule has 0 amide bonds. The number of thiophene rings is 1. The second-order valence-corrected chi connectivity index (χ2v) is 7.01. The molecule has 5 heteroatoms. The Morgan fingerprint density at radius 3 is 2.89 bits per heavy atom. The largest absolute Gasteiger partial charge is 0.299 e. The highest BCUT2D eigenvalue weighted by Gasteiger charge is 2.20. The van der Waals surface area contributed by atoms with Gasteiger partial charge in [-0.05, 0) is 45.1 Å². The minimum absolute atomic E-state index is 0.193. The van der Waals surface area contributed by atoms with Crippen LogP contribution in [0.2, 0.25) is 0 Å². The molecule has 0 saturated heterocycles. The van der Waals surface area contributed by atoms with Gasteiger partial charge in [0.2, 0.25) is 0 Å². The van der Waals surface area contributed by atoms with Gasteiger partial charge in [0.25, 0.3) is 0 Å². The van der Waals surface area contributed by atoms with Crippen molar-refractivity contribution in [1.29, 1.82) is 0 Å². The second-order valence-electron chi connectivity index (χ2n) is 4.96. The molecule has 0 bridgehead atoms. The molecule has 1 aliphatic carbocycles. The Hall–Kier alpha value is -0.940. The molecule has 2 aromatic heterocycles. The van der Waals surface area contributed by atoms with E-state index in [9.17, 15) is 4.79 Å². The Morgan fingerprint density at radius 1 is 1.32 bits per heavy atom. The van der Waals surface area contributed by atoms with Gasteiger partial charge >= 0.3 is 0 Å². The maximum Gasteiger partial charge on any atom is 0.140 e. The number of ketones is 1. The topological polar surface area (TPSA) is 42.9 Å². The Kier molecular flexibility index (Phi) is 3.58. The Balaban J connectivity index is 2.13. The quantitative estimate of drug-likeness (QED) is 0.641. The number of aryl methyl sites for hydroxylation is 3. The van der Waals surface area contributed by atoms with Crippen molar-refractivity contribution in [2.45, 2.75) is 44.6 Å². The van der Waals surface area contributed by atoms with Crippen LogP contribution in [-0.2, 0) is 17.6 Å². The van der Waals surface area contributed by atoms with E-state index in [2.05, 4.69) is 9.97 Å². The van der Waals surface area contributed by atoms with Gasteiger partial charge in [-0.25, -0.2) is 9.97 Å². The van der Waals surface area contributed by atoms with Gasteiger partial charge in [0, 0.05) is 10.3 Å². The summed E-state index contributed by atoms with van der Waals surface area (Å²) in [5, 5.41) is 2.22. The monoisotopic (exact) mass is 292 g/mol. The third-order valence-electron chi connectivity index (χ3n) is 3.31. The first kappa shape index (κ1) is 13.1. The highest BCUT2D eigenvalue weighted by Crippen LogP contribution is 2.39. The molecule has 0 atom stereocenters. The van der Waals surface area contributed by atoms with Gasteiger partial charge in [-0.3, -0.25) is 4.79 Å². The molecule has 1 aliphatic rings. The molecule has 0 unspecified atom stereocenters. The standard InChI is InChI=1S/C14H16N2OS2/c1-8(17)7-18-13-12-10-5-3-4-6-11(10)19-14(12)16-9(2)15-13/h3-7H2,1-2H3. The average molecular weight is 292 g/mol. The van der Waals surface area contributed by atoms with Crippen LogP contribution in [0.4, 0.5) is 0 Å². The van der Waals surface area contributed by atoms with Crippen LogP contribution in [0.15, 0.2) is 5.03 Å². The molecule has 0 spiro atoms. The fourth-order valence-corrected chi connectivity index (χ4v) is 4.77. The lowest BCUT2D eigenvalue weighted by Gasteiger charge is -2.11. The smallest absolute Gasteiger partial charge is 0.140 e. The van der Waals surface area contributed by atoms with E-state index in [1.54, 1.807) is 18.7 Å². The van der Waals surface area contributed by atoms with E-state index >= 15 is 0 Å². The third-order valence-corrected chi connectivity index (χ3v) is 5.61. The molecule has 0 aromatic carbocycles. The van der Waals surface area contributed by atoms with E-state index in [1.165, 1.54) is 35.1 Å². The van der Waals surface area contributed by atoms with E-state index in [0.717, 1.165) is 22.1 Å². The van der Waals surface area contributed by atoms with Gasteiger partial charge in [-0.15, -0.1) is 11.3 Å². The maximum absolute atomic E-state index is 11.2. The van der Waals surface area contributed by atoms with E-state index in [0.29, 0.717) is 5.75 Å². The summed E-state index contributed by atoms with van der Waals surface area (Å²) in [4.78, 5) is 22.9. The first-order chi connectivity index (χ1) is 9.15. The number of hydrogen-bond donors (Lipinski definition) is 0. The third kappa shape index (κ3) is 2.54. The van der Waals surface area contributed by atoms with Gasteiger partial charge in [-0.1, -0.05) is 11.8 Å². The number of carbonyl (C=O) groups excluding carboxylic acids is 1. The summed E-state index contributed by atoms with van der Waals surface area (Å²) in [5.74, 6) is 1.49. The molecule has 0 aliphatic heterocycles. The molecular weight excluding hydrogens is 276 g/mol. The number of rotatable bonds is 3. The minimum Gasteiger partial charge on any atom is -0.299 e. The van der Waals surface area contributed by atoms with E-state index in [4.69, 9.17) is 0 Å². The van der Waals surface area contributed by atoms with Crippen LogP contribution >= 0.6 is 23.1 Å². The highest BCUT2D eigenvalue weighted by atomic mass is 32.2. The van der Waals surface area contributed by atoms with Gasteiger partial charge < -0.3 is 0 Å². The molecule has 0 N–H and O–H groups in total. The summed E-state index contributed by atoms with van der Waals surface area (Å²) in [6.07, 6.45) is 4.84. The molecule has 0 saturated carbocycles. The minimum atomic E-state index is 0.193. The fourth-order valence-electron chi connectivity index (χ4n) is 2.50. The van der Waals surface area contributed by atoms with Crippen LogP contribution in [0.1, 0.15) is 36.0 Å². The number of fused-ring (bicyclic) bond motifs is 3. The first-order valence-electron chi connectivity index (χ1n) is 6.56. The summed E-state index contributed by atoms with van der Waals surface area (Å²) in [5.41, 5.74) is 1.44. The predicted molar refractivity (Wildman–Crippen MR) is 80.2 cm³/mol. The van der Waals surface area contributed by atoms with Crippen molar-refractivity contribution in [1.82, 2.24) is 9.97 Å². The lowest BCUT2D eigenvalue weighted by Crippen LogP contribution is -2.01. The SMILES string of the molecule is CC(=O)CSc1nc(C)nc2sc3c(c12)CCCC3. The molecule has 19 heavy (non-hydrogen) atoms. The summed E-state index contributed by atoms with van der Waals surface area (Å²) in [6, 6.07) is 0. The average Bonchev–Trinajstić information content (AvgIpc) is 2.73. The van der Waals surface area contributed by atoms with Crippen molar-refractivity contribution in [2.75, 3.05) is 5.75 Å². The molecule has 0 fully saturated rings. The van der Waals surface area contributed by atoms with Crippen LogP contribution in [0, 0.1) is 6.92 Å². The van der Waals surface area contributed by atoms with Crippen molar-refractivity contribution in [3.63, 3.8) is 0 Å². The summed E-state index contributed by atoms with van der Waals surface area (Å²) >= 11 is 3.37. The first-order valence-corrected chi connectivity index (χ1v) is 8.36.